The molecule has 0 saturated carbocycles. The molecule has 0 bridgehead atoms. The van der Waals surface area contributed by atoms with Gasteiger partial charge in [-0.15, -0.1) is 0 Å². The zero-order valence-corrected chi connectivity index (χ0v) is 13.5. The second-order valence-corrected chi connectivity index (χ2v) is 7.00. The number of aliphatic hydroxyl groups is 1. The van der Waals surface area contributed by atoms with Crippen molar-refractivity contribution in [2.45, 2.75) is 24.8 Å². The minimum Gasteiger partial charge on any atom is -0.388 e. The van der Waals surface area contributed by atoms with E-state index in [-0.39, 0.29) is 17.4 Å². The number of aliphatic hydroxyl groups excluding tert-OH is 1. The summed E-state index contributed by atoms with van der Waals surface area (Å²) < 4.78 is 29.3. The molecule has 0 fully saturated rings. The van der Waals surface area contributed by atoms with Gasteiger partial charge in [0.15, 0.2) is 0 Å². The molecule has 0 aliphatic rings. The van der Waals surface area contributed by atoms with Crippen molar-refractivity contribution in [3.63, 3.8) is 0 Å². The van der Waals surface area contributed by atoms with Crippen LogP contribution in [0.3, 0.4) is 0 Å². The van der Waals surface area contributed by atoms with Gasteiger partial charge < -0.3 is 5.11 Å². The number of aryl methyl sites for hydroxylation is 1. The first-order valence-electron chi connectivity index (χ1n) is 7.09. The molecule has 0 heterocycles. The van der Waals surface area contributed by atoms with Gasteiger partial charge in [0.2, 0.25) is 0 Å². The average Bonchev–Trinajstić information content (AvgIpc) is 2.53. The van der Waals surface area contributed by atoms with Crippen LogP contribution in [0.1, 0.15) is 24.2 Å². The molecule has 118 valence electrons. The maximum Gasteiger partial charge on any atom is 0.296 e. The molecule has 5 heteroatoms. The van der Waals surface area contributed by atoms with E-state index < -0.39 is 16.2 Å². The van der Waals surface area contributed by atoms with E-state index in [0.717, 1.165) is 11.1 Å². The van der Waals surface area contributed by atoms with E-state index in [0.29, 0.717) is 0 Å². The minimum absolute atomic E-state index is 0.0771. The molecular weight excluding hydrogens is 300 g/mol. The highest BCUT2D eigenvalue weighted by atomic mass is 32.2. The Bertz CT molecular complexity index is 693. The molecule has 0 unspecified atom stereocenters. The van der Waals surface area contributed by atoms with Gasteiger partial charge in [0.1, 0.15) is 0 Å². The summed E-state index contributed by atoms with van der Waals surface area (Å²) in [5.41, 5.74) is 1.72. The fourth-order valence-corrected chi connectivity index (χ4v) is 3.04. The molecule has 0 aliphatic carbocycles. The van der Waals surface area contributed by atoms with Gasteiger partial charge in [-0.25, -0.2) is 0 Å². The predicted molar refractivity (Wildman–Crippen MR) is 84.9 cm³/mol. The van der Waals surface area contributed by atoms with Gasteiger partial charge >= 0.3 is 0 Å². The minimum atomic E-state index is -3.80. The highest BCUT2D eigenvalue weighted by Gasteiger charge is 2.21. The monoisotopic (exact) mass is 320 g/mol. The van der Waals surface area contributed by atoms with E-state index in [9.17, 15) is 13.5 Å². The van der Waals surface area contributed by atoms with E-state index >= 15 is 0 Å². The third kappa shape index (κ3) is 4.16. The van der Waals surface area contributed by atoms with Crippen molar-refractivity contribution < 1.29 is 17.7 Å². The van der Waals surface area contributed by atoms with Gasteiger partial charge in [-0.1, -0.05) is 55.0 Å². The smallest absolute Gasteiger partial charge is 0.296 e. The normalized spacial score (nSPS) is 14.5. The van der Waals surface area contributed by atoms with Crippen LogP contribution in [0, 0.1) is 12.8 Å². The van der Waals surface area contributed by atoms with E-state index in [4.69, 9.17) is 4.18 Å². The van der Waals surface area contributed by atoms with Crippen LogP contribution in [0.5, 0.6) is 0 Å². The fraction of sp³-hybridized carbons (Fsp3) is 0.294. The van der Waals surface area contributed by atoms with Crippen LogP contribution >= 0.6 is 0 Å². The summed E-state index contributed by atoms with van der Waals surface area (Å²) in [6.07, 6.45) is -0.769. The number of hydrogen-bond acceptors (Lipinski definition) is 4. The van der Waals surface area contributed by atoms with Crippen LogP contribution in [0.2, 0.25) is 0 Å². The van der Waals surface area contributed by atoms with Gasteiger partial charge in [0.05, 0.1) is 17.6 Å². The van der Waals surface area contributed by atoms with Crippen molar-refractivity contribution in [3.05, 3.63) is 65.7 Å². The van der Waals surface area contributed by atoms with Crippen LogP contribution in [0.4, 0.5) is 0 Å². The van der Waals surface area contributed by atoms with Gasteiger partial charge in [-0.3, -0.25) is 4.18 Å². The largest absolute Gasteiger partial charge is 0.388 e. The van der Waals surface area contributed by atoms with Gasteiger partial charge in [-0.05, 0) is 24.6 Å². The Morgan fingerprint density at radius 1 is 1.05 bits per heavy atom. The van der Waals surface area contributed by atoms with E-state index in [1.807, 2.05) is 25.1 Å². The number of hydrogen-bond donors (Lipinski definition) is 1. The molecule has 0 radical (unpaired) electrons. The molecule has 0 saturated heterocycles. The van der Waals surface area contributed by atoms with E-state index in [1.54, 1.807) is 31.2 Å². The van der Waals surface area contributed by atoms with Crippen molar-refractivity contribution in [1.29, 1.82) is 0 Å². The molecule has 2 rings (SSSR count). The highest BCUT2D eigenvalue weighted by molar-refractivity contribution is 7.86. The lowest BCUT2D eigenvalue weighted by Gasteiger charge is -2.19. The average molecular weight is 320 g/mol. The maximum absolute atomic E-state index is 12.1. The molecule has 2 aromatic rings. The first kappa shape index (κ1) is 16.7. The van der Waals surface area contributed by atoms with Crippen molar-refractivity contribution in [3.8, 4) is 0 Å². The van der Waals surface area contributed by atoms with Crippen LogP contribution in [0.25, 0.3) is 0 Å². The van der Waals surface area contributed by atoms with Crippen molar-refractivity contribution in [2.75, 3.05) is 6.61 Å². The SMILES string of the molecule is Cc1ccc(S(=O)(=O)OC[C@@H](C)[C@H](O)c2ccccc2)cc1. The van der Waals surface area contributed by atoms with Gasteiger partial charge in [0, 0.05) is 5.92 Å². The Morgan fingerprint density at radius 3 is 2.23 bits per heavy atom. The van der Waals surface area contributed by atoms with E-state index in [1.165, 1.54) is 12.1 Å². The quantitative estimate of drug-likeness (QED) is 0.831. The molecule has 0 spiro atoms. The van der Waals surface area contributed by atoms with Gasteiger partial charge in [-0.2, -0.15) is 8.42 Å². The molecule has 4 nitrogen and oxygen atoms in total. The van der Waals surface area contributed by atoms with Crippen molar-refractivity contribution in [1.82, 2.24) is 0 Å². The number of benzene rings is 2. The summed E-state index contributed by atoms with van der Waals surface area (Å²) in [6, 6.07) is 15.6. The third-order valence-electron chi connectivity index (χ3n) is 3.48. The summed E-state index contributed by atoms with van der Waals surface area (Å²) in [6.45, 7) is 3.56. The van der Waals surface area contributed by atoms with Crippen LogP contribution in [-0.4, -0.2) is 20.1 Å². The summed E-state index contributed by atoms with van der Waals surface area (Å²) in [4.78, 5) is 0.125. The Kier molecular flexibility index (Phi) is 5.34. The molecule has 0 aromatic heterocycles. The zero-order valence-electron chi connectivity index (χ0n) is 12.6. The molecule has 22 heavy (non-hydrogen) atoms. The Balaban J connectivity index is 2.01. The molecule has 2 atom stereocenters. The lowest BCUT2D eigenvalue weighted by Crippen LogP contribution is -2.18. The lowest BCUT2D eigenvalue weighted by atomic mass is 9.98. The molecule has 1 N–H and O–H groups in total. The molecular formula is C17H20O4S. The standard InChI is InChI=1S/C17H20O4S/c1-13-8-10-16(11-9-13)22(19,20)21-12-14(2)17(18)15-6-4-3-5-7-15/h3-11,14,17-18H,12H2,1-2H3/t14-,17+/m1/s1. The van der Waals surface area contributed by atoms with Crippen molar-refractivity contribution >= 4 is 10.1 Å². The second-order valence-electron chi connectivity index (χ2n) is 5.38. The van der Waals surface area contributed by atoms with Gasteiger partial charge in [0.25, 0.3) is 10.1 Å². The summed E-state index contributed by atoms with van der Waals surface area (Å²) in [7, 11) is -3.80. The molecule has 2 aromatic carbocycles. The van der Waals surface area contributed by atoms with E-state index in [2.05, 4.69) is 0 Å². The summed E-state index contributed by atoms with van der Waals surface area (Å²) in [5, 5.41) is 10.2. The maximum atomic E-state index is 12.1. The van der Waals surface area contributed by atoms with Crippen LogP contribution in [-0.2, 0) is 14.3 Å². The third-order valence-corrected chi connectivity index (χ3v) is 4.77. The molecule has 0 amide bonds. The zero-order chi connectivity index (χ0) is 16.2. The summed E-state index contributed by atoms with van der Waals surface area (Å²) >= 11 is 0. The Labute approximate surface area is 131 Å². The lowest BCUT2D eigenvalue weighted by molar-refractivity contribution is 0.0864. The second kappa shape index (κ2) is 7.05. The topological polar surface area (TPSA) is 63.6 Å². The predicted octanol–water partition coefficient (Wildman–Crippen LogP) is 3.07. The fourth-order valence-electron chi connectivity index (χ4n) is 2.04. The molecule has 0 aliphatic heterocycles. The first-order chi connectivity index (χ1) is 10.4. The number of rotatable bonds is 6. The highest BCUT2D eigenvalue weighted by Crippen LogP contribution is 2.23. The Morgan fingerprint density at radius 2 is 1.64 bits per heavy atom. The van der Waals surface area contributed by atoms with Crippen molar-refractivity contribution in [2.24, 2.45) is 5.92 Å². The first-order valence-corrected chi connectivity index (χ1v) is 8.50. The van der Waals surface area contributed by atoms with Crippen LogP contribution < -0.4 is 0 Å². The summed E-state index contributed by atoms with van der Waals surface area (Å²) in [5.74, 6) is -0.345. The Hall–Kier alpha value is -1.69. The van der Waals surface area contributed by atoms with Crippen LogP contribution in [0.15, 0.2) is 59.5 Å².